The summed E-state index contributed by atoms with van der Waals surface area (Å²) in [5.74, 6) is -3.18. The van der Waals surface area contributed by atoms with Crippen molar-refractivity contribution in [2.75, 3.05) is 19.7 Å². The second-order valence-corrected chi connectivity index (χ2v) is 8.12. The van der Waals surface area contributed by atoms with E-state index in [1.165, 1.54) is 0 Å². The van der Waals surface area contributed by atoms with Crippen molar-refractivity contribution in [3.05, 3.63) is 0 Å². The van der Waals surface area contributed by atoms with Crippen molar-refractivity contribution in [2.24, 2.45) is 34.4 Å². The van der Waals surface area contributed by atoms with Gasteiger partial charge < -0.3 is 41.5 Å². The maximum Gasteiger partial charge on any atom is 0.323 e. The first-order valence-electron chi connectivity index (χ1n) is 10.4. The fraction of sp³-hybridized carbons (Fsp3) is 0.833. The number of hydrogen-bond acceptors (Lipinski definition) is 11. The predicted molar refractivity (Wildman–Crippen MR) is 108 cm³/mol. The van der Waals surface area contributed by atoms with Gasteiger partial charge in [0.15, 0.2) is 11.6 Å². The van der Waals surface area contributed by atoms with Gasteiger partial charge in [0.2, 0.25) is 5.91 Å². The molecule has 31 heavy (non-hydrogen) atoms. The Morgan fingerprint density at radius 1 is 1.26 bits per heavy atom. The van der Waals surface area contributed by atoms with E-state index < -0.39 is 41.3 Å². The summed E-state index contributed by atoms with van der Waals surface area (Å²) in [6.07, 6.45) is -0.0824. The number of nitrogens with one attached hydrogen (secondary N) is 3. The molecule has 0 aromatic rings. The number of rotatable bonds is 9. The number of carbonyl (C=O) groups is 2. The Bertz CT molecular complexity index is 672. The van der Waals surface area contributed by atoms with Crippen molar-refractivity contribution in [3.8, 4) is 0 Å². The molecule has 4 unspecified atom stereocenters. The lowest BCUT2D eigenvalue weighted by atomic mass is 9.62. The smallest absolute Gasteiger partial charge is 0.323 e. The van der Waals surface area contributed by atoms with E-state index in [2.05, 4.69) is 15.7 Å². The van der Waals surface area contributed by atoms with Crippen LogP contribution in [-0.2, 0) is 14.3 Å². The number of carbonyl (C=O) groups excluding carboxylic acids is 2. The molecule has 1 heterocycles. The topological polar surface area (TPSA) is 225 Å². The Morgan fingerprint density at radius 2 is 1.97 bits per heavy atom. The molecule has 1 aliphatic heterocycles. The molecule has 13 nitrogen and oxygen atoms in total. The zero-order valence-electron chi connectivity index (χ0n) is 17.6. The van der Waals surface area contributed by atoms with Crippen LogP contribution in [-0.4, -0.2) is 75.5 Å². The zero-order valence-corrected chi connectivity index (χ0v) is 17.6. The van der Waals surface area contributed by atoms with Crippen LogP contribution in [0.2, 0.25) is 0 Å². The molecule has 1 aliphatic carbocycles. The Kier molecular flexibility index (Phi) is 8.57. The van der Waals surface area contributed by atoms with Gasteiger partial charge in [0.25, 0.3) is 0 Å². The van der Waals surface area contributed by atoms with E-state index in [0.717, 1.165) is 0 Å². The number of hydrogen-bond donors (Lipinski definition) is 9. The molecule has 178 valence electrons. The standard InChI is InChI=1S/C18H34N6O7/c1-2-21-15(25)5-6-31-16(26)12-7-11-10(9-22-12)8-17(27,28)13(18(11,29)30)3-4-14(19)23-24-20/h10-13,22,24,27-30H,2-9,20H2,1H3,(H2,19,23)(H,21,25). The number of esters is 1. The number of ether oxygens (including phenoxy) is 1. The molecule has 0 aromatic heterocycles. The Balaban J connectivity index is 2.03. The van der Waals surface area contributed by atoms with Crippen LogP contribution in [0.4, 0.5) is 0 Å². The van der Waals surface area contributed by atoms with Crippen LogP contribution < -0.4 is 27.7 Å². The van der Waals surface area contributed by atoms with Crippen molar-refractivity contribution in [1.82, 2.24) is 16.2 Å². The number of hydrazone groups is 1. The van der Waals surface area contributed by atoms with Gasteiger partial charge in [-0.1, -0.05) is 0 Å². The first kappa shape index (κ1) is 25.2. The molecule has 0 aromatic carbocycles. The lowest BCUT2D eigenvalue weighted by Gasteiger charge is -2.54. The average molecular weight is 447 g/mol. The summed E-state index contributed by atoms with van der Waals surface area (Å²) in [6.45, 7) is 2.34. The minimum atomic E-state index is -2.47. The molecule has 11 N–H and O–H groups in total. The molecule has 2 rings (SSSR count). The van der Waals surface area contributed by atoms with E-state index in [-0.39, 0.29) is 57.0 Å². The van der Waals surface area contributed by atoms with Crippen molar-refractivity contribution < 1.29 is 34.8 Å². The van der Waals surface area contributed by atoms with E-state index >= 15 is 0 Å². The molecule has 1 amide bonds. The van der Waals surface area contributed by atoms with Crippen LogP contribution in [0.15, 0.2) is 5.10 Å². The van der Waals surface area contributed by atoms with Crippen LogP contribution >= 0.6 is 0 Å². The molecular weight excluding hydrogens is 412 g/mol. The zero-order chi connectivity index (χ0) is 23.2. The maximum absolute atomic E-state index is 12.4. The summed E-state index contributed by atoms with van der Waals surface area (Å²) in [5.41, 5.74) is 7.66. The quantitative estimate of drug-likeness (QED) is 0.0422. The number of amides is 1. The fourth-order valence-corrected chi connectivity index (χ4v) is 4.51. The molecule has 2 fully saturated rings. The number of nitrogens with zero attached hydrogens (tertiary/aromatic N) is 1. The minimum absolute atomic E-state index is 0.0260. The van der Waals surface area contributed by atoms with Gasteiger partial charge in [-0.2, -0.15) is 5.10 Å². The van der Waals surface area contributed by atoms with Crippen LogP contribution in [0.1, 0.15) is 39.0 Å². The number of aliphatic hydroxyl groups is 4. The monoisotopic (exact) mass is 446 g/mol. The summed E-state index contributed by atoms with van der Waals surface area (Å²) in [6, 6.07) is -0.812. The Morgan fingerprint density at radius 3 is 2.61 bits per heavy atom. The van der Waals surface area contributed by atoms with Gasteiger partial charge >= 0.3 is 5.97 Å². The number of nitrogens with two attached hydrogens (primary N) is 2. The van der Waals surface area contributed by atoms with Gasteiger partial charge in [-0.3, -0.25) is 9.59 Å². The van der Waals surface area contributed by atoms with Crippen molar-refractivity contribution in [1.29, 1.82) is 0 Å². The largest absolute Gasteiger partial charge is 0.464 e. The van der Waals surface area contributed by atoms with E-state index in [4.69, 9.17) is 16.3 Å². The van der Waals surface area contributed by atoms with Crippen LogP contribution in [0.3, 0.4) is 0 Å². The fourth-order valence-electron chi connectivity index (χ4n) is 4.51. The molecule has 4 atom stereocenters. The lowest BCUT2D eigenvalue weighted by molar-refractivity contribution is -0.361. The molecule has 1 saturated carbocycles. The molecule has 1 saturated heterocycles. The van der Waals surface area contributed by atoms with E-state index in [1.807, 2.05) is 5.53 Å². The highest BCUT2D eigenvalue weighted by molar-refractivity contribution is 5.80. The van der Waals surface area contributed by atoms with Crippen LogP contribution in [0.25, 0.3) is 0 Å². The molecule has 2 aliphatic rings. The molecular formula is C18H34N6O7. The van der Waals surface area contributed by atoms with Crippen molar-refractivity contribution in [2.45, 2.75) is 56.6 Å². The third-order valence-corrected chi connectivity index (χ3v) is 5.99. The highest BCUT2D eigenvalue weighted by atomic mass is 16.5. The second kappa shape index (κ2) is 10.5. The summed E-state index contributed by atoms with van der Waals surface area (Å²) < 4.78 is 5.14. The average Bonchev–Trinajstić information content (AvgIpc) is 2.67. The summed E-state index contributed by atoms with van der Waals surface area (Å²) in [7, 11) is 0. The summed E-state index contributed by atoms with van der Waals surface area (Å²) >= 11 is 0. The second-order valence-electron chi connectivity index (χ2n) is 8.12. The summed E-state index contributed by atoms with van der Waals surface area (Å²) in [4.78, 5) is 23.9. The van der Waals surface area contributed by atoms with Gasteiger partial charge in [-0.25, -0.2) is 11.4 Å². The van der Waals surface area contributed by atoms with Gasteiger partial charge in [0.1, 0.15) is 18.5 Å². The lowest BCUT2D eigenvalue weighted by Crippen LogP contribution is -2.67. The highest BCUT2D eigenvalue weighted by Gasteiger charge is 2.60. The Hall–Kier alpha value is -2.03. The molecule has 0 bridgehead atoms. The van der Waals surface area contributed by atoms with Gasteiger partial charge in [-0.15, -0.1) is 0 Å². The highest BCUT2D eigenvalue weighted by Crippen LogP contribution is 2.49. The summed E-state index contributed by atoms with van der Waals surface area (Å²) in [5, 5.41) is 51.9. The number of amidine groups is 1. The van der Waals surface area contributed by atoms with Gasteiger partial charge in [0, 0.05) is 25.3 Å². The maximum atomic E-state index is 12.4. The Labute approximate surface area is 180 Å². The van der Waals surface area contributed by atoms with Crippen LogP contribution in [0, 0.1) is 17.8 Å². The van der Waals surface area contributed by atoms with Crippen molar-refractivity contribution >= 4 is 17.7 Å². The van der Waals surface area contributed by atoms with Gasteiger partial charge in [-0.05, 0) is 32.2 Å². The predicted octanol–water partition coefficient (Wildman–Crippen LogP) is -3.45. The number of piperidine rings is 1. The first-order chi connectivity index (χ1) is 14.5. The normalized spacial score (nSPS) is 29.5. The first-order valence-corrected chi connectivity index (χ1v) is 10.4. The SMILES string of the molecule is CCNC(=O)CCOC(=O)C1CC2C(CN1)CC(O)(O)C(CC/C(N)=N/NN)C2(O)O. The van der Waals surface area contributed by atoms with E-state index in [0.29, 0.717) is 6.54 Å². The molecule has 13 heteroatoms. The molecule has 0 spiro atoms. The number of hydrazine groups is 1. The third-order valence-electron chi connectivity index (χ3n) is 5.99. The van der Waals surface area contributed by atoms with E-state index in [1.54, 1.807) is 6.92 Å². The van der Waals surface area contributed by atoms with E-state index in [9.17, 15) is 30.0 Å². The van der Waals surface area contributed by atoms with Gasteiger partial charge in [0.05, 0.1) is 12.3 Å². The molecule has 0 radical (unpaired) electrons. The van der Waals surface area contributed by atoms with Crippen molar-refractivity contribution in [3.63, 3.8) is 0 Å². The minimum Gasteiger partial charge on any atom is -0.464 e. The van der Waals surface area contributed by atoms with Crippen LogP contribution in [0.5, 0.6) is 0 Å². The third kappa shape index (κ3) is 6.24. The number of fused-ring (bicyclic) bond motifs is 1.